The average Bonchev–Trinajstić information content (AvgIpc) is 2.27. The Hall–Kier alpha value is -1.51. The van der Waals surface area contributed by atoms with E-state index in [-0.39, 0.29) is 5.81 Å². The van der Waals surface area contributed by atoms with Crippen molar-refractivity contribution in [2.45, 2.75) is 27.7 Å². The van der Waals surface area contributed by atoms with E-state index >= 15 is 0 Å². The molecular formula is C13H19BNO. The Labute approximate surface area is 99.1 Å². The molecule has 0 aliphatic heterocycles. The molecule has 0 aromatic carbocycles. The molecule has 0 aromatic heterocycles. The van der Waals surface area contributed by atoms with Gasteiger partial charge in [0.25, 0.3) is 7.28 Å². The molecule has 0 saturated carbocycles. The van der Waals surface area contributed by atoms with Gasteiger partial charge in [-0.2, -0.15) is 0 Å². The van der Waals surface area contributed by atoms with Crippen molar-refractivity contribution >= 4 is 13.1 Å². The van der Waals surface area contributed by atoms with E-state index in [0.717, 1.165) is 11.2 Å². The van der Waals surface area contributed by atoms with Gasteiger partial charge in [-0.15, -0.1) is 0 Å². The second-order valence-corrected chi connectivity index (χ2v) is 3.28. The van der Waals surface area contributed by atoms with Gasteiger partial charge in [0.1, 0.15) is 0 Å². The third kappa shape index (κ3) is 6.88. The van der Waals surface area contributed by atoms with Gasteiger partial charge >= 0.3 is 0 Å². The first-order valence-corrected chi connectivity index (χ1v) is 5.38. The molecule has 0 bridgehead atoms. The van der Waals surface area contributed by atoms with Crippen LogP contribution in [0.4, 0.5) is 4.79 Å². The molecule has 1 radical (unpaired) electrons. The summed E-state index contributed by atoms with van der Waals surface area (Å²) >= 11 is 0. The van der Waals surface area contributed by atoms with Crippen molar-refractivity contribution in [1.29, 1.82) is 0 Å². The minimum absolute atomic E-state index is 0.103. The molecule has 1 N–H and O–H groups in total. The van der Waals surface area contributed by atoms with Crippen molar-refractivity contribution < 1.29 is 4.79 Å². The zero-order chi connectivity index (χ0) is 12.4. The quantitative estimate of drug-likeness (QED) is 0.554. The van der Waals surface area contributed by atoms with Gasteiger partial charge in [0.05, 0.1) is 0 Å². The lowest BCUT2D eigenvalue weighted by molar-refractivity contribution is 0.261. The molecule has 0 atom stereocenters. The minimum Gasteiger partial charge on any atom is -0.339 e. The smallest absolute Gasteiger partial charge is 0.271 e. The molecule has 85 valence electrons. The maximum absolute atomic E-state index is 11.5. The predicted molar refractivity (Wildman–Crippen MR) is 71.4 cm³/mol. The summed E-state index contributed by atoms with van der Waals surface area (Å²) in [4.78, 5) is 11.5. The summed E-state index contributed by atoms with van der Waals surface area (Å²) in [6.45, 7) is 7.60. The van der Waals surface area contributed by atoms with Crippen LogP contribution in [-0.2, 0) is 0 Å². The Bertz CT molecular complexity index is 338. The van der Waals surface area contributed by atoms with Crippen LogP contribution in [0.1, 0.15) is 27.7 Å². The average molecular weight is 216 g/mol. The molecule has 0 heterocycles. The Kier molecular flexibility index (Phi) is 7.95. The van der Waals surface area contributed by atoms with E-state index in [1.807, 2.05) is 64.2 Å². The molecule has 0 fully saturated rings. The first kappa shape index (κ1) is 14.5. The minimum atomic E-state index is -0.103. The van der Waals surface area contributed by atoms with E-state index in [9.17, 15) is 4.79 Å². The van der Waals surface area contributed by atoms with Crippen LogP contribution in [-0.4, -0.2) is 13.1 Å². The third-order valence-electron chi connectivity index (χ3n) is 1.98. The Morgan fingerprint density at radius 2 is 1.81 bits per heavy atom. The Morgan fingerprint density at radius 1 is 1.12 bits per heavy atom. The normalized spacial score (nSPS) is 13.5. The third-order valence-corrected chi connectivity index (χ3v) is 1.98. The van der Waals surface area contributed by atoms with Crippen LogP contribution in [0.2, 0.25) is 0 Å². The highest BCUT2D eigenvalue weighted by Crippen LogP contribution is 1.97. The van der Waals surface area contributed by atoms with E-state index < -0.39 is 0 Å². The van der Waals surface area contributed by atoms with Gasteiger partial charge in [-0.1, -0.05) is 41.9 Å². The van der Waals surface area contributed by atoms with Crippen LogP contribution in [0.5, 0.6) is 0 Å². The van der Waals surface area contributed by atoms with E-state index in [1.165, 1.54) is 0 Å². The van der Waals surface area contributed by atoms with Gasteiger partial charge in [-0.3, -0.25) is 4.79 Å². The van der Waals surface area contributed by atoms with Crippen LogP contribution >= 0.6 is 0 Å². The van der Waals surface area contributed by atoms with Crippen molar-refractivity contribution in [3.05, 3.63) is 47.6 Å². The second kappa shape index (κ2) is 8.78. The zero-order valence-electron chi connectivity index (χ0n) is 10.4. The molecule has 16 heavy (non-hydrogen) atoms. The highest BCUT2D eigenvalue weighted by atomic mass is 16.1. The van der Waals surface area contributed by atoms with Gasteiger partial charge in [-0.05, 0) is 27.7 Å². The molecule has 0 spiro atoms. The van der Waals surface area contributed by atoms with Crippen LogP contribution < -0.4 is 5.32 Å². The number of hydrogen-bond donors (Lipinski definition) is 1. The Balaban J connectivity index is 4.29. The molecule has 0 unspecified atom stereocenters. The predicted octanol–water partition coefficient (Wildman–Crippen LogP) is 3.36. The van der Waals surface area contributed by atoms with Crippen LogP contribution in [0, 0.1) is 0 Å². The monoisotopic (exact) mass is 216 g/mol. The van der Waals surface area contributed by atoms with Crippen LogP contribution in [0.25, 0.3) is 0 Å². The first-order chi connectivity index (χ1) is 7.63. The summed E-state index contributed by atoms with van der Waals surface area (Å²) in [6.07, 6.45) is 11.4. The highest BCUT2D eigenvalue weighted by molar-refractivity contribution is 6.79. The van der Waals surface area contributed by atoms with Crippen LogP contribution in [0.15, 0.2) is 47.6 Å². The lowest BCUT2D eigenvalue weighted by Crippen LogP contribution is -2.26. The molecule has 0 saturated heterocycles. The summed E-state index contributed by atoms with van der Waals surface area (Å²) in [5.74, 6) is -0.103. The number of carbonyl (C=O) groups excluding carboxylic acids is 1. The fourth-order valence-electron chi connectivity index (χ4n) is 0.959. The molecular weight excluding hydrogens is 197 g/mol. The summed E-state index contributed by atoms with van der Waals surface area (Å²) in [5, 5.41) is 2.76. The zero-order valence-corrected chi connectivity index (χ0v) is 10.4. The lowest BCUT2D eigenvalue weighted by atomic mass is 9.68. The van der Waals surface area contributed by atoms with Gasteiger partial charge in [0, 0.05) is 5.70 Å². The van der Waals surface area contributed by atoms with Crippen molar-refractivity contribution in [3.63, 3.8) is 0 Å². The Morgan fingerprint density at radius 3 is 2.31 bits per heavy atom. The van der Waals surface area contributed by atoms with E-state index in [1.54, 1.807) is 7.28 Å². The summed E-state index contributed by atoms with van der Waals surface area (Å²) in [5.41, 5.74) is 1.74. The van der Waals surface area contributed by atoms with Gasteiger partial charge in [0.2, 0.25) is 0 Å². The topological polar surface area (TPSA) is 29.1 Å². The van der Waals surface area contributed by atoms with Crippen molar-refractivity contribution in [3.8, 4) is 0 Å². The van der Waals surface area contributed by atoms with Gasteiger partial charge in [0.15, 0.2) is 5.81 Å². The first-order valence-electron chi connectivity index (χ1n) is 5.38. The summed E-state index contributed by atoms with van der Waals surface area (Å²) < 4.78 is 0. The molecule has 0 aliphatic carbocycles. The SMILES string of the molecule is C\C=C/C=C\C([B]C(=O)N/C(C)=C/C)=C/C. The standard InChI is InChI=1S/C13H19BNO/c1-5-8-9-10-12(7-3)14-13(16)15-11(4)6-2/h5-10H,1-4H3,(H,15,16)/b8-5-,10-9-,11-6+,12-7+. The summed E-state index contributed by atoms with van der Waals surface area (Å²) in [6, 6.07) is 0. The number of allylic oxidation sites excluding steroid dienone is 8. The number of hydrogen-bond acceptors (Lipinski definition) is 1. The van der Waals surface area contributed by atoms with E-state index in [2.05, 4.69) is 5.32 Å². The number of nitrogens with one attached hydrogen (secondary N) is 1. The molecule has 2 nitrogen and oxygen atoms in total. The number of rotatable bonds is 5. The molecule has 0 aromatic rings. The van der Waals surface area contributed by atoms with E-state index in [4.69, 9.17) is 0 Å². The van der Waals surface area contributed by atoms with Gasteiger partial charge < -0.3 is 5.32 Å². The van der Waals surface area contributed by atoms with E-state index in [0.29, 0.717) is 0 Å². The van der Waals surface area contributed by atoms with Crippen molar-refractivity contribution in [1.82, 2.24) is 5.32 Å². The number of amides is 1. The lowest BCUT2D eigenvalue weighted by Gasteiger charge is -2.04. The molecule has 0 aliphatic rings. The molecule has 0 rings (SSSR count). The van der Waals surface area contributed by atoms with Gasteiger partial charge in [-0.25, -0.2) is 0 Å². The second-order valence-electron chi connectivity index (χ2n) is 3.28. The largest absolute Gasteiger partial charge is 0.339 e. The van der Waals surface area contributed by atoms with Crippen LogP contribution in [0.3, 0.4) is 0 Å². The fraction of sp³-hybridized carbons (Fsp3) is 0.308. The maximum Gasteiger partial charge on any atom is 0.271 e. The fourth-order valence-corrected chi connectivity index (χ4v) is 0.959. The summed E-state index contributed by atoms with van der Waals surface area (Å²) in [7, 11) is 1.58. The maximum atomic E-state index is 11.5. The van der Waals surface area contributed by atoms with Crippen molar-refractivity contribution in [2.75, 3.05) is 0 Å². The van der Waals surface area contributed by atoms with Crippen molar-refractivity contribution in [2.24, 2.45) is 0 Å². The molecule has 1 amide bonds. The molecule has 3 heteroatoms. The number of carbonyl (C=O) groups is 1. The highest BCUT2D eigenvalue weighted by Gasteiger charge is 2.05.